The van der Waals surface area contributed by atoms with Crippen molar-refractivity contribution in [1.29, 1.82) is 0 Å². The summed E-state index contributed by atoms with van der Waals surface area (Å²) in [6, 6.07) is 0. The van der Waals surface area contributed by atoms with E-state index in [1.807, 2.05) is 6.92 Å². The van der Waals surface area contributed by atoms with Crippen molar-refractivity contribution in [3.63, 3.8) is 0 Å². The Morgan fingerprint density at radius 1 is 1.43 bits per heavy atom. The van der Waals surface area contributed by atoms with Crippen LogP contribution in [0.5, 0.6) is 0 Å². The van der Waals surface area contributed by atoms with E-state index < -0.39 is 35.5 Å². The third-order valence-corrected chi connectivity index (χ3v) is 6.35. The highest BCUT2D eigenvalue weighted by Crippen LogP contribution is 2.63. The molecule has 126 valence electrons. The van der Waals surface area contributed by atoms with Gasteiger partial charge >= 0.3 is 11.9 Å². The lowest BCUT2D eigenvalue weighted by atomic mass is 9.66. The van der Waals surface area contributed by atoms with Gasteiger partial charge in [0.2, 0.25) is 0 Å². The lowest BCUT2D eigenvalue weighted by Gasteiger charge is -2.44. The van der Waals surface area contributed by atoms with Crippen LogP contribution >= 0.6 is 0 Å². The van der Waals surface area contributed by atoms with E-state index in [1.165, 1.54) is 6.92 Å². The average Bonchev–Trinajstić information content (AvgIpc) is 3.14. The smallest absolute Gasteiger partial charge is 0.334 e. The molecule has 0 bridgehead atoms. The number of carbonyl (C=O) groups is 2. The van der Waals surface area contributed by atoms with Crippen molar-refractivity contribution in [1.82, 2.24) is 0 Å². The molecule has 0 aromatic rings. The molecule has 4 aliphatic rings. The van der Waals surface area contributed by atoms with Crippen LogP contribution in [-0.2, 0) is 23.8 Å². The molecule has 0 aromatic carbocycles. The van der Waals surface area contributed by atoms with Crippen LogP contribution < -0.4 is 0 Å². The number of carbonyl (C=O) groups excluding carboxylic acids is 2. The van der Waals surface area contributed by atoms with Gasteiger partial charge in [-0.25, -0.2) is 4.79 Å². The normalized spacial score (nSPS) is 53.7. The molecule has 1 N–H and O–H groups in total. The third-order valence-electron chi connectivity index (χ3n) is 6.35. The Bertz CT molecular complexity index is 600. The summed E-state index contributed by atoms with van der Waals surface area (Å²) in [5, 5.41) is 10.8. The largest absolute Gasteiger partial charge is 0.461 e. The molecule has 4 rings (SSSR count). The van der Waals surface area contributed by atoms with Crippen LogP contribution in [0.3, 0.4) is 0 Å². The zero-order chi connectivity index (χ0) is 16.7. The molecule has 2 heterocycles. The van der Waals surface area contributed by atoms with E-state index in [0.29, 0.717) is 12.0 Å². The van der Waals surface area contributed by atoms with E-state index in [9.17, 15) is 14.7 Å². The summed E-state index contributed by atoms with van der Waals surface area (Å²) in [4.78, 5) is 23.7. The summed E-state index contributed by atoms with van der Waals surface area (Å²) in [7, 11) is 0. The number of aliphatic hydroxyl groups excluding tert-OH is 1. The fourth-order valence-electron chi connectivity index (χ4n) is 5.38. The van der Waals surface area contributed by atoms with Crippen molar-refractivity contribution >= 4 is 11.9 Å². The van der Waals surface area contributed by atoms with Gasteiger partial charge in [0, 0.05) is 23.8 Å². The summed E-state index contributed by atoms with van der Waals surface area (Å²) in [5.41, 5.74) is -0.335. The molecule has 4 fully saturated rings. The Balaban J connectivity index is 1.82. The highest BCUT2D eigenvalue weighted by atomic mass is 16.6. The van der Waals surface area contributed by atoms with Gasteiger partial charge in [-0.2, -0.15) is 0 Å². The predicted octanol–water partition coefficient (Wildman–Crippen LogP) is 0.820. The molecule has 23 heavy (non-hydrogen) atoms. The van der Waals surface area contributed by atoms with E-state index in [2.05, 4.69) is 13.5 Å². The first-order valence-electron chi connectivity index (χ1n) is 8.17. The monoisotopic (exact) mass is 322 g/mol. The molecule has 0 aromatic heterocycles. The second-order valence-corrected chi connectivity index (χ2v) is 7.64. The Hall–Kier alpha value is -1.40. The van der Waals surface area contributed by atoms with E-state index in [-0.39, 0.29) is 30.1 Å². The van der Waals surface area contributed by atoms with Crippen LogP contribution in [0.15, 0.2) is 12.2 Å². The van der Waals surface area contributed by atoms with Gasteiger partial charge in [-0.1, -0.05) is 20.4 Å². The molecule has 0 unspecified atom stereocenters. The molecular formula is C17H22O6. The van der Waals surface area contributed by atoms with Gasteiger partial charge in [-0.3, -0.25) is 4.79 Å². The lowest BCUT2D eigenvalue weighted by molar-refractivity contribution is -0.174. The molecule has 2 saturated heterocycles. The van der Waals surface area contributed by atoms with Gasteiger partial charge in [-0.05, 0) is 12.3 Å². The maximum atomic E-state index is 12.0. The minimum absolute atomic E-state index is 0.00847. The second kappa shape index (κ2) is 4.57. The highest BCUT2D eigenvalue weighted by Gasteiger charge is 2.74. The van der Waals surface area contributed by atoms with E-state index in [1.54, 1.807) is 0 Å². The van der Waals surface area contributed by atoms with Crippen molar-refractivity contribution in [3.8, 4) is 0 Å². The van der Waals surface area contributed by atoms with Crippen LogP contribution in [0.4, 0.5) is 0 Å². The molecular weight excluding hydrogens is 300 g/mol. The summed E-state index contributed by atoms with van der Waals surface area (Å²) < 4.78 is 16.8. The quantitative estimate of drug-likeness (QED) is 0.437. The van der Waals surface area contributed by atoms with E-state index in [0.717, 1.165) is 0 Å². The first-order valence-corrected chi connectivity index (χ1v) is 8.17. The first-order chi connectivity index (χ1) is 10.8. The molecule has 2 aliphatic heterocycles. The Morgan fingerprint density at radius 2 is 2.13 bits per heavy atom. The number of fused-ring (bicyclic) bond motifs is 4. The first kappa shape index (κ1) is 15.1. The number of ether oxygens (including phenoxy) is 3. The highest BCUT2D eigenvalue weighted by molar-refractivity contribution is 5.91. The van der Waals surface area contributed by atoms with Crippen molar-refractivity contribution in [2.75, 3.05) is 0 Å². The maximum absolute atomic E-state index is 12.0. The molecule has 0 spiro atoms. The second-order valence-electron chi connectivity index (χ2n) is 7.64. The minimum atomic E-state index is -0.730. The van der Waals surface area contributed by atoms with Crippen molar-refractivity contribution in [2.45, 2.75) is 57.7 Å². The zero-order valence-corrected chi connectivity index (χ0v) is 13.5. The Morgan fingerprint density at radius 3 is 2.78 bits per heavy atom. The Kier molecular flexibility index (Phi) is 3.01. The number of epoxide rings is 1. The SMILES string of the molecule is C=C1C(=O)O[C@H]2C[C@@H](C)[C@@H]3[C@H]4O[C@H]4[C@H](O)[C@@]3(C)[C@H](OC(C)=O)[C@H]12. The summed E-state index contributed by atoms with van der Waals surface area (Å²) in [6.45, 7) is 9.24. The van der Waals surface area contributed by atoms with Gasteiger partial charge < -0.3 is 19.3 Å². The minimum Gasteiger partial charge on any atom is -0.461 e. The van der Waals surface area contributed by atoms with E-state index in [4.69, 9.17) is 14.2 Å². The Labute approximate surface area is 134 Å². The standard InChI is InChI=1S/C17H22O6/c1-6-5-9-10(7(2)16(20)22-9)15(21-8(3)18)17(4)11(6)12-13(23-12)14(17)19/h6,9-15,19H,2,5H2,1,3-4H3/t6-,9+,10-,11-,12-,13-,14+,15-,17+/m1/s1. The molecule has 0 amide bonds. The van der Waals surface area contributed by atoms with Crippen LogP contribution in [0, 0.1) is 23.2 Å². The van der Waals surface area contributed by atoms with Crippen molar-refractivity contribution in [3.05, 3.63) is 12.2 Å². The van der Waals surface area contributed by atoms with Gasteiger partial charge in [0.15, 0.2) is 0 Å². The maximum Gasteiger partial charge on any atom is 0.334 e. The van der Waals surface area contributed by atoms with Crippen LogP contribution in [0.25, 0.3) is 0 Å². The number of hydrogen-bond acceptors (Lipinski definition) is 6. The fourth-order valence-corrected chi connectivity index (χ4v) is 5.38. The van der Waals surface area contributed by atoms with Crippen LogP contribution in [0.2, 0.25) is 0 Å². The summed E-state index contributed by atoms with van der Waals surface area (Å²) >= 11 is 0. The number of aliphatic hydroxyl groups is 1. The van der Waals surface area contributed by atoms with Crippen molar-refractivity contribution in [2.24, 2.45) is 23.2 Å². The molecule has 0 radical (unpaired) electrons. The zero-order valence-electron chi connectivity index (χ0n) is 13.5. The van der Waals surface area contributed by atoms with Crippen molar-refractivity contribution < 1.29 is 28.9 Å². The summed E-state index contributed by atoms with van der Waals surface area (Å²) in [5.74, 6) is -1.02. The summed E-state index contributed by atoms with van der Waals surface area (Å²) in [6.07, 6.45) is -1.27. The average molecular weight is 322 g/mol. The van der Waals surface area contributed by atoms with E-state index >= 15 is 0 Å². The lowest BCUT2D eigenvalue weighted by Crippen LogP contribution is -2.53. The molecule has 9 atom stereocenters. The van der Waals surface area contributed by atoms with Crippen LogP contribution in [0.1, 0.15) is 27.2 Å². The van der Waals surface area contributed by atoms with Gasteiger partial charge in [0.1, 0.15) is 18.3 Å². The van der Waals surface area contributed by atoms with Gasteiger partial charge in [-0.15, -0.1) is 0 Å². The number of hydrogen-bond donors (Lipinski definition) is 1. The van der Waals surface area contributed by atoms with Gasteiger partial charge in [0.05, 0.1) is 18.1 Å². The molecule has 6 nitrogen and oxygen atoms in total. The van der Waals surface area contributed by atoms with Crippen LogP contribution in [-0.4, -0.2) is 47.6 Å². The van der Waals surface area contributed by atoms with Gasteiger partial charge in [0.25, 0.3) is 0 Å². The predicted molar refractivity (Wildman–Crippen MR) is 78.1 cm³/mol. The molecule has 2 saturated carbocycles. The third kappa shape index (κ3) is 1.82. The molecule has 2 aliphatic carbocycles. The fraction of sp³-hybridized carbons (Fsp3) is 0.765. The number of rotatable bonds is 1. The number of esters is 2. The molecule has 6 heteroatoms. The topological polar surface area (TPSA) is 85.4 Å².